The summed E-state index contributed by atoms with van der Waals surface area (Å²) < 4.78 is 0. The zero-order valence-electron chi connectivity index (χ0n) is 14.5. The third-order valence-corrected chi connectivity index (χ3v) is 5.97. The van der Waals surface area contributed by atoms with Crippen LogP contribution in [0.2, 0.25) is 5.02 Å². The second-order valence-electron chi connectivity index (χ2n) is 7.34. The van der Waals surface area contributed by atoms with Gasteiger partial charge in [0, 0.05) is 17.5 Å². The number of amides is 1. The van der Waals surface area contributed by atoms with Gasteiger partial charge in [-0.1, -0.05) is 36.6 Å². The van der Waals surface area contributed by atoms with E-state index in [1.54, 1.807) is 0 Å². The molecular weight excluding hydrogens is 338 g/mol. The number of rotatable bonds is 3. The lowest BCUT2D eigenvalue weighted by Crippen LogP contribution is -2.40. The number of aliphatic carboxylic acids is 1. The molecule has 1 aliphatic carbocycles. The molecule has 1 aromatic rings. The van der Waals surface area contributed by atoms with E-state index in [0.29, 0.717) is 30.7 Å². The highest BCUT2D eigenvalue weighted by Gasteiger charge is 2.35. The van der Waals surface area contributed by atoms with Gasteiger partial charge < -0.3 is 10.0 Å². The molecule has 2 aliphatic rings. The van der Waals surface area contributed by atoms with Gasteiger partial charge >= 0.3 is 5.97 Å². The Labute approximate surface area is 154 Å². The van der Waals surface area contributed by atoms with Crippen molar-refractivity contribution < 1.29 is 14.7 Å². The van der Waals surface area contributed by atoms with Crippen LogP contribution in [0.4, 0.5) is 0 Å². The monoisotopic (exact) mass is 363 g/mol. The van der Waals surface area contributed by atoms with Crippen LogP contribution in [0.5, 0.6) is 0 Å². The van der Waals surface area contributed by atoms with E-state index in [-0.39, 0.29) is 23.8 Å². The summed E-state index contributed by atoms with van der Waals surface area (Å²) >= 11 is 6.01. The maximum absolute atomic E-state index is 13.2. The summed E-state index contributed by atoms with van der Waals surface area (Å²) in [6, 6.07) is 7.95. The maximum Gasteiger partial charge on any atom is 0.306 e. The smallest absolute Gasteiger partial charge is 0.306 e. The first-order valence-electron chi connectivity index (χ1n) is 9.35. The third kappa shape index (κ3) is 4.35. The first-order chi connectivity index (χ1) is 12.1. The number of nitrogens with zero attached hydrogens (tertiary/aromatic N) is 1. The Kier molecular flexibility index (Phi) is 6.00. The Morgan fingerprint density at radius 1 is 0.920 bits per heavy atom. The molecule has 1 N–H and O–H groups in total. The highest BCUT2D eigenvalue weighted by atomic mass is 35.5. The lowest BCUT2D eigenvalue weighted by Gasteiger charge is -2.35. The summed E-state index contributed by atoms with van der Waals surface area (Å²) in [7, 11) is 0. The van der Waals surface area contributed by atoms with E-state index in [1.807, 2.05) is 24.3 Å². The Hall–Kier alpha value is -1.55. The minimum atomic E-state index is -0.722. The fourth-order valence-electron chi connectivity index (χ4n) is 4.23. The minimum Gasteiger partial charge on any atom is -0.481 e. The van der Waals surface area contributed by atoms with Crippen LogP contribution in [0.25, 0.3) is 0 Å². The second kappa shape index (κ2) is 8.22. The summed E-state index contributed by atoms with van der Waals surface area (Å²) in [5.74, 6) is -0.811. The van der Waals surface area contributed by atoms with Gasteiger partial charge in [-0.3, -0.25) is 9.59 Å². The van der Waals surface area contributed by atoms with Crippen LogP contribution < -0.4 is 0 Å². The molecule has 1 aliphatic heterocycles. The molecule has 1 saturated carbocycles. The van der Waals surface area contributed by atoms with Crippen LogP contribution in [0.1, 0.15) is 63.0 Å². The van der Waals surface area contributed by atoms with E-state index in [4.69, 9.17) is 16.7 Å². The van der Waals surface area contributed by atoms with Gasteiger partial charge in [-0.05, 0) is 56.2 Å². The molecule has 1 heterocycles. The molecule has 0 bridgehead atoms. The van der Waals surface area contributed by atoms with E-state index < -0.39 is 5.97 Å². The minimum absolute atomic E-state index is 0.0245. The van der Waals surface area contributed by atoms with Crippen LogP contribution >= 0.6 is 11.6 Å². The van der Waals surface area contributed by atoms with E-state index in [9.17, 15) is 9.59 Å². The molecule has 4 nitrogen and oxygen atoms in total. The van der Waals surface area contributed by atoms with Crippen molar-refractivity contribution >= 4 is 23.5 Å². The van der Waals surface area contributed by atoms with Gasteiger partial charge in [0.1, 0.15) is 0 Å². The Morgan fingerprint density at radius 2 is 1.56 bits per heavy atom. The van der Waals surface area contributed by atoms with Crippen molar-refractivity contribution in [2.75, 3.05) is 6.54 Å². The van der Waals surface area contributed by atoms with Crippen molar-refractivity contribution in [2.45, 2.75) is 57.4 Å². The van der Waals surface area contributed by atoms with Crippen LogP contribution in [0, 0.1) is 11.8 Å². The number of carbonyl (C=O) groups is 2. The summed E-state index contributed by atoms with van der Waals surface area (Å²) in [5, 5.41) is 9.87. The third-order valence-electron chi connectivity index (χ3n) is 5.72. The molecule has 136 valence electrons. The largest absolute Gasteiger partial charge is 0.481 e. The molecule has 0 spiro atoms. The van der Waals surface area contributed by atoms with E-state index >= 15 is 0 Å². The molecule has 1 aromatic carbocycles. The molecule has 1 amide bonds. The van der Waals surface area contributed by atoms with Crippen LogP contribution in [-0.2, 0) is 9.59 Å². The SMILES string of the molecule is O=C(O)C1CCC(C(=O)N2CCCCCC2c2ccc(Cl)cc2)CC1. The molecule has 1 atom stereocenters. The summed E-state index contributed by atoms with van der Waals surface area (Å²) in [5.41, 5.74) is 1.15. The number of likely N-dealkylation sites (tertiary alicyclic amines) is 1. The normalized spacial score (nSPS) is 27.6. The molecule has 0 aromatic heterocycles. The lowest BCUT2D eigenvalue weighted by molar-refractivity contribution is -0.146. The molecule has 1 unspecified atom stereocenters. The summed E-state index contributed by atoms with van der Waals surface area (Å²) in [6.45, 7) is 0.797. The number of carboxylic acids is 1. The first-order valence-corrected chi connectivity index (χ1v) is 9.73. The first kappa shape index (κ1) is 18.2. The van der Waals surface area contributed by atoms with Crippen molar-refractivity contribution in [3.63, 3.8) is 0 Å². The van der Waals surface area contributed by atoms with E-state index in [0.717, 1.165) is 37.8 Å². The number of benzene rings is 1. The number of hydrogen-bond acceptors (Lipinski definition) is 2. The van der Waals surface area contributed by atoms with E-state index in [2.05, 4.69) is 4.90 Å². The average Bonchev–Trinajstić information content (AvgIpc) is 2.88. The molecule has 2 fully saturated rings. The van der Waals surface area contributed by atoms with Crippen molar-refractivity contribution in [3.8, 4) is 0 Å². The van der Waals surface area contributed by atoms with Gasteiger partial charge in [0.05, 0.1) is 12.0 Å². The van der Waals surface area contributed by atoms with Crippen molar-refractivity contribution in [2.24, 2.45) is 11.8 Å². The van der Waals surface area contributed by atoms with Gasteiger partial charge in [0.2, 0.25) is 5.91 Å². The van der Waals surface area contributed by atoms with E-state index in [1.165, 1.54) is 0 Å². The fourth-order valence-corrected chi connectivity index (χ4v) is 4.35. The molecule has 5 heteroatoms. The zero-order valence-corrected chi connectivity index (χ0v) is 15.3. The van der Waals surface area contributed by atoms with Crippen molar-refractivity contribution in [3.05, 3.63) is 34.9 Å². The predicted octanol–water partition coefficient (Wildman–Crippen LogP) is 4.67. The number of hydrogen-bond donors (Lipinski definition) is 1. The quantitative estimate of drug-likeness (QED) is 0.848. The molecular formula is C20H26ClNO3. The second-order valence-corrected chi connectivity index (χ2v) is 7.77. The Bertz CT molecular complexity index is 608. The topological polar surface area (TPSA) is 57.6 Å². The number of halogens is 1. The van der Waals surface area contributed by atoms with Gasteiger partial charge in [-0.2, -0.15) is 0 Å². The lowest BCUT2D eigenvalue weighted by atomic mass is 9.81. The zero-order chi connectivity index (χ0) is 17.8. The van der Waals surface area contributed by atoms with Gasteiger partial charge in [0.15, 0.2) is 0 Å². The number of carbonyl (C=O) groups excluding carboxylic acids is 1. The highest BCUT2D eigenvalue weighted by molar-refractivity contribution is 6.30. The fraction of sp³-hybridized carbons (Fsp3) is 0.600. The predicted molar refractivity (Wildman–Crippen MR) is 97.5 cm³/mol. The highest BCUT2D eigenvalue weighted by Crippen LogP contribution is 2.36. The molecule has 25 heavy (non-hydrogen) atoms. The Balaban J connectivity index is 1.73. The van der Waals surface area contributed by atoms with Crippen LogP contribution in [0.3, 0.4) is 0 Å². The average molecular weight is 364 g/mol. The van der Waals surface area contributed by atoms with Crippen LogP contribution in [0.15, 0.2) is 24.3 Å². The standard InChI is InChI=1S/C20H26ClNO3/c21-17-11-9-14(10-12-17)18-4-2-1-3-13-22(18)19(23)15-5-7-16(8-6-15)20(24)25/h9-12,15-16,18H,1-8,13H2,(H,24,25). The van der Waals surface area contributed by atoms with Gasteiger partial charge in [0.25, 0.3) is 0 Å². The van der Waals surface area contributed by atoms with Crippen molar-refractivity contribution in [1.82, 2.24) is 4.90 Å². The Morgan fingerprint density at radius 3 is 2.20 bits per heavy atom. The summed E-state index contributed by atoms with van der Waals surface area (Å²) in [4.78, 5) is 26.4. The molecule has 3 rings (SSSR count). The molecule has 0 radical (unpaired) electrons. The van der Waals surface area contributed by atoms with Gasteiger partial charge in [-0.25, -0.2) is 0 Å². The van der Waals surface area contributed by atoms with Gasteiger partial charge in [-0.15, -0.1) is 0 Å². The molecule has 1 saturated heterocycles. The number of carboxylic acid groups (broad SMARTS) is 1. The summed E-state index contributed by atoms with van der Waals surface area (Å²) in [6.07, 6.45) is 6.93. The van der Waals surface area contributed by atoms with Crippen LogP contribution in [-0.4, -0.2) is 28.4 Å². The maximum atomic E-state index is 13.2. The van der Waals surface area contributed by atoms with Crippen molar-refractivity contribution in [1.29, 1.82) is 0 Å².